The van der Waals surface area contributed by atoms with Gasteiger partial charge in [-0.1, -0.05) is 29.7 Å². The first-order chi connectivity index (χ1) is 22.3. The summed E-state index contributed by atoms with van der Waals surface area (Å²) in [4.78, 5) is 14.4. The van der Waals surface area contributed by atoms with Crippen molar-refractivity contribution < 1.29 is 23.4 Å². The van der Waals surface area contributed by atoms with Crippen LogP contribution < -0.4 is 19.7 Å². The third kappa shape index (κ3) is 4.70. The van der Waals surface area contributed by atoms with Gasteiger partial charge >= 0.3 is 6.01 Å². The molecule has 4 fully saturated rings. The van der Waals surface area contributed by atoms with Crippen LogP contribution in [-0.4, -0.2) is 82.7 Å². The number of nitrogens with zero attached hydrogens (tertiary/aromatic N) is 4. The second-order valence-corrected chi connectivity index (χ2v) is 13.6. The Hall–Kier alpha value is -3.65. The number of anilines is 1. The van der Waals surface area contributed by atoms with Gasteiger partial charge in [0.1, 0.15) is 31.0 Å². The zero-order chi connectivity index (χ0) is 31.7. The van der Waals surface area contributed by atoms with E-state index in [0.29, 0.717) is 64.8 Å². The molecule has 240 valence electrons. The molecule has 0 saturated carbocycles. The van der Waals surface area contributed by atoms with Crippen LogP contribution in [0.3, 0.4) is 0 Å². The molecule has 1 aromatic heterocycles. The van der Waals surface area contributed by atoms with Crippen LogP contribution in [0, 0.1) is 12.3 Å². The van der Waals surface area contributed by atoms with Crippen LogP contribution in [-0.2, 0) is 0 Å². The van der Waals surface area contributed by atoms with E-state index in [9.17, 15) is 9.50 Å². The Kier molecular flexibility index (Phi) is 7.27. The number of ether oxygens (including phenoxy) is 2. The first-order valence-electron chi connectivity index (χ1n) is 16.1. The zero-order valence-corrected chi connectivity index (χ0v) is 26.4. The van der Waals surface area contributed by atoms with Crippen LogP contribution in [0.25, 0.3) is 28.1 Å². The first kappa shape index (κ1) is 29.7. The molecule has 0 radical (unpaired) electrons. The maximum absolute atomic E-state index is 15.5. The lowest BCUT2D eigenvalue weighted by Gasteiger charge is -2.40. The summed E-state index contributed by atoms with van der Waals surface area (Å²) >= 11 is 7.18. The molecule has 2 N–H and O–H groups in total. The normalized spacial score (nSPS) is 29.0. The highest BCUT2D eigenvalue weighted by Gasteiger charge is 2.50. The molecule has 6 heterocycles. The Morgan fingerprint density at radius 1 is 1.28 bits per heavy atom. The van der Waals surface area contributed by atoms with E-state index in [2.05, 4.69) is 21.0 Å². The van der Waals surface area contributed by atoms with Crippen LogP contribution in [0.1, 0.15) is 56.3 Å². The van der Waals surface area contributed by atoms with Crippen LogP contribution in [0.5, 0.6) is 17.5 Å². The molecule has 11 heteroatoms. The zero-order valence-electron chi connectivity index (χ0n) is 25.6. The summed E-state index contributed by atoms with van der Waals surface area (Å²) < 4.78 is 43.0. The van der Waals surface area contributed by atoms with Crippen molar-refractivity contribution in [3.8, 4) is 41.0 Å². The van der Waals surface area contributed by atoms with Crippen molar-refractivity contribution >= 4 is 34.4 Å². The van der Waals surface area contributed by atoms with E-state index in [4.69, 9.17) is 37.5 Å². The number of nitrogens with one attached hydrogen (secondary N) is 1. The van der Waals surface area contributed by atoms with Gasteiger partial charge in [-0.2, -0.15) is 9.97 Å². The lowest BCUT2D eigenvalue weighted by atomic mass is 9.91. The number of terminal acetylenes is 1. The first-order valence-corrected chi connectivity index (χ1v) is 16.5. The number of allylic oxidation sites excluding steroid dienone is 1. The Bertz CT molecular complexity index is 1800. The molecule has 3 aromatic rings. The minimum atomic E-state index is -1.76. The fraction of sp³-hybridized carbons (Fsp3) is 0.486. The fourth-order valence-corrected chi connectivity index (χ4v) is 8.83. The summed E-state index contributed by atoms with van der Waals surface area (Å²) in [6, 6.07) is 5.45. The van der Waals surface area contributed by atoms with Gasteiger partial charge in [-0.05, 0) is 68.5 Å². The highest BCUT2D eigenvalue weighted by atomic mass is 35.5. The fourth-order valence-electron chi connectivity index (χ4n) is 8.52. The number of halogens is 3. The largest absolute Gasteiger partial charge is 0.508 e. The van der Waals surface area contributed by atoms with Crippen molar-refractivity contribution in [2.24, 2.45) is 0 Å². The average molecular weight is 648 g/mol. The summed E-state index contributed by atoms with van der Waals surface area (Å²) in [5, 5.41) is 15.4. The predicted molar refractivity (Wildman–Crippen MR) is 174 cm³/mol. The van der Waals surface area contributed by atoms with Gasteiger partial charge in [0, 0.05) is 42.7 Å². The number of aromatic hydroxyl groups is 1. The molecular formula is C35H36ClF2N5O3. The quantitative estimate of drug-likeness (QED) is 0.316. The number of rotatable bonds is 6. The van der Waals surface area contributed by atoms with Gasteiger partial charge in [0.15, 0.2) is 11.9 Å². The summed E-state index contributed by atoms with van der Waals surface area (Å²) in [7, 11) is 0. The van der Waals surface area contributed by atoms with E-state index in [1.807, 2.05) is 0 Å². The molecule has 4 saturated heterocycles. The van der Waals surface area contributed by atoms with Gasteiger partial charge in [-0.25, -0.2) is 8.78 Å². The second-order valence-electron chi connectivity index (χ2n) is 13.3. The van der Waals surface area contributed by atoms with E-state index in [-0.39, 0.29) is 46.6 Å². The summed E-state index contributed by atoms with van der Waals surface area (Å²) in [6.07, 6.45) is 10.8. The molecule has 0 spiro atoms. The van der Waals surface area contributed by atoms with E-state index >= 15 is 4.39 Å². The number of aromatic nitrogens is 2. The monoisotopic (exact) mass is 647 g/mol. The molecule has 5 aliphatic heterocycles. The van der Waals surface area contributed by atoms with Gasteiger partial charge in [0.2, 0.25) is 0 Å². The van der Waals surface area contributed by atoms with Crippen LogP contribution in [0.4, 0.5) is 14.6 Å². The molecule has 5 aliphatic rings. The standard InChI is InChI=1S/C35H36ClF2N5O3/c1-3-6-19-11-22(44)12-23(29(19)25(38)4-2)24-13-27-30-32(31(24)36)45-17-28-26-8-7-21(39-26)16-43(28)33(30)41-34(40-27)46-18-35-9-5-10-42(35)15-20(37)14-35/h2-3,6,11-13,20-21,25-26,28,39,44H,5,7-10,14-18H2,1H3/b6-3-/t20-,21?,25?,26?,28?,35+/m1/s1. The number of piperazine rings is 1. The average Bonchev–Trinajstić information content (AvgIpc) is 3.67. The highest BCUT2D eigenvalue weighted by molar-refractivity contribution is 6.36. The number of hydrogen-bond donors (Lipinski definition) is 2. The Balaban J connectivity index is 1.31. The van der Waals surface area contributed by atoms with E-state index in [1.165, 1.54) is 12.1 Å². The Morgan fingerprint density at radius 2 is 2.15 bits per heavy atom. The molecule has 2 bridgehead atoms. The second kappa shape index (κ2) is 11.3. The lowest BCUT2D eigenvalue weighted by molar-refractivity contribution is 0.107. The molecule has 4 unspecified atom stereocenters. The van der Waals surface area contributed by atoms with Gasteiger partial charge in [0.05, 0.1) is 27.5 Å². The molecular weight excluding hydrogens is 612 g/mol. The number of phenols is 1. The van der Waals surface area contributed by atoms with Crippen molar-refractivity contribution in [2.45, 2.75) is 75.0 Å². The Labute approximate surface area is 271 Å². The highest BCUT2D eigenvalue weighted by Crippen LogP contribution is 2.50. The van der Waals surface area contributed by atoms with E-state index < -0.39 is 12.3 Å². The summed E-state index contributed by atoms with van der Waals surface area (Å²) in [5.74, 6) is 3.22. The summed E-state index contributed by atoms with van der Waals surface area (Å²) in [6.45, 7) is 4.48. The number of fused-ring (bicyclic) bond motifs is 6. The van der Waals surface area contributed by atoms with Gasteiger partial charge in [0.25, 0.3) is 0 Å². The third-order valence-corrected chi connectivity index (χ3v) is 10.9. The number of phenolic OH excluding ortho intramolecular Hbond substituents is 1. The molecule has 6 atom stereocenters. The predicted octanol–water partition coefficient (Wildman–Crippen LogP) is 5.99. The van der Waals surface area contributed by atoms with Crippen molar-refractivity contribution in [3.63, 3.8) is 0 Å². The number of hydrogen-bond acceptors (Lipinski definition) is 8. The van der Waals surface area contributed by atoms with Crippen LogP contribution in [0.2, 0.25) is 5.02 Å². The van der Waals surface area contributed by atoms with E-state index in [1.54, 1.807) is 25.1 Å². The molecule has 8 rings (SSSR count). The summed E-state index contributed by atoms with van der Waals surface area (Å²) in [5.41, 5.74) is 1.57. The van der Waals surface area contributed by atoms with Crippen molar-refractivity contribution in [1.82, 2.24) is 20.2 Å². The minimum Gasteiger partial charge on any atom is -0.508 e. The van der Waals surface area contributed by atoms with Crippen LogP contribution >= 0.6 is 11.6 Å². The van der Waals surface area contributed by atoms with Gasteiger partial charge in [-0.3, -0.25) is 4.90 Å². The topological polar surface area (TPSA) is 83.0 Å². The smallest absolute Gasteiger partial charge is 0.319 e. The van der Waals surface area contributed by atoms with Gasteiger partial charge in [-0.15, -0.1) is 6.42 Å². The molecule has 2 aromatic carbocycles. The van der Waals surface area contributed by atoms with E-state index in [0.717, 1.165) is 38.8 Å². The maximum Gasteiger partial charge on any atom is 0.319 e. The van der Waals surface area contributed by atoms with Crippen LogP contribution in [0.15, 0.2) is 24.3 Å². The molecule has 8 nitrogen and oxygen atoms in total. The SMILES string of the molecule is C#CC(F)c1c(/C=C\C)cc(O)cc1-c1cc2nc(OC[C@@]34CCCN3C[C@H](F)C4)nc3c2c(c1Cl)OCC1C2CCC(CN31)N2. The minimum absolute atomic E-state index is 0.00282. The molecule has 46 heavy (non-hydrogen) atoms. The third-order valence-electron chi connectivity index (χ3n) is 10.5. The molecule has 0 aliphatic carbocycles. The van der Waals surface area contributed by atoms with Crippen molar-refractivity contribution in [1.29, 1.82) is 0 Å². The maximum atomic E-state index is 15.5. The number of alkyl halides is 2. The van der Waals surface area contributed by atoms with Crippen molar-refractivity contribution in [2.75, 3.05) is 37.7 Å². The van der Waals surface area contributed by atoms with Crippen molar-refractivity contribution in [3.05, 3.63) is 40.4 Å². The molecule has 0 amide bonds. The number of benzene rings is 2. The van der Waals surface area contributed by atoms with Gasteiger partial charge < -0.3 is 24.8 Å². The Morgan fingerprint density at radius 3 is 2.98 bits per heavy atom. The lowest BCUT2D eigenvalue weighted by Crippen LogP contribution is -2.60.